The Hall–Kier alpha value is -2.12. The quantitative estimate of drug-likeness (QED) is 0.510. The van der Waals surface area contributed by atoms with Gasteiger partial charge in [0.05, 0.1) is 24.2 Å². The van der Waals surface area contributed by atoms with Crippen molar-refractivity contribution in [1.29, 1.82) is 0 Å². The zero-order valence-electron chi connectivity index (χ0n) is 21.7. The SMILES string of the molecule is CC(C)(CO)C(=O)N1CCC(CCOc2ccc(C(=O)NC3C4CC5CC3CC(O)(C5)C4)cc2)CC1. The van der Waals surface area contributed by atoms with Crippen LogP contribution in [0.25, 0.3) is 0 Å². The lowest BCUT2D eigenvalue weighted by Crippen LogP contribution is -2.61. The number of ether oxygens (including phenoxy) is 1. The first-order valence-electron chi connectivity index (χ1n) is 13.8. The highest BCUT2D eigenvalue weighted by molar-refractivity contribution is 5.94. The molecule has 5 fully saturated rings. The number of benzene rings is 1. The Morgan fingerprint density at radius 3 is 2.31 bits per heavy atom. The molecule has 198 valence electrons. The van der Waals surface area contributed by atoms with Crippen molar-refractivity contribution in [2.75, 3.05) is 26.3 Å². The molecule has 2 unspecified atom stereocenters. The molecule has 1 aromatic carbocycles. The minimum Gasteiger partial charge on any atom is -0.494 e. The normalized spacial score (nSPS) is 31.9. The number of carbonyl (C=O) groups is 2. The predicted molar refractivity (Wildman–Crippen MR) is 136 cm³/mol. The summed E-state index contributed by atoms with van der Waals surface area (Å²) in [6.07, 6.45) is 7.71. The van der Waals surface area contributed by atoms with Gasteiger partial charge in [-0.25, -0.2) is 0 Å². The monoisotopic (exact) mass is 498 g/mol. The molecule has 2 amide bonds. The van der Waals surface area contributed by atoms with E-state index in [0.29, 0.717) is 35.8 Å². The average Bonchev–Trinajstić information content (AvgIpc) is 2.85. The van der Waals surface area contributed by atoms with E-state index < -0.39 is 11.0 Å². The van der Waals surface area contributed by atoms with Crippen LogP contribution in [0.2, 0.25) is 0 Å². The summed E-state index contributed by atoms with van der Waals surface area (Å²) >= 11 is 0. The van der Waals surface area contributed by atoms with Gasteiger partial charge in [0.1, 0.15) is 5.75 Å². The number of rotatable bonds is 8. The third kappa shape index (κ3) is 5.28. The van der Waals surface area contributed by atoms with E-state index in [2.05, 4.69) is 5.32 Å². The third-order valence-electron chi connectivity index (χ3n) is 9.33. The van der Waals surface area contributed by atoms with Crippen molar-refractivity contribution in [3.8, 4) is 5.75 Å². The molecule has 3 N–H and O–H groups in total. The highest BCUT2D eigenvalue weighted by Crippen LogP contribution is 2.55. The summed E-state index contributed by atoms with van der Waals surface area (Å²) in [7, 11) is 0. The van der Waals surface area contributed by atoms with Gasteiger partial charge in [-0.05, 0) is 113 Å². The van der Waals surface area contributed by atoms with Crippen molar-refractivity contribution in [3.05, 3.63) is 29.8 Å². The first-order chi connectivity index (χ1) is 17.2. The summed E-state index contributed by atoms with van der Waals surface area (Å²) in [6.45, 7) is 5.53. The number of aliphatic hydroxyl groups is 2. The Morgan fingerprint density at radius 2 is 1.72 bits per heavy atom. The molecule has 1 aromatic rings. The number of nitrogens with one attached hydrogen (secondary N) is 1. The molecule has 1 saturated heterocycles. The molecule has 5 aliphatic rings. The molecule has 0 radical (unpaired) electrons. The summed E-state index contributed by atoms with van der Waals surface area (Å²) in [5.74, 6) is 2.72. The Bertz CT molecular complexity index is 937. The van der Waals surface area contributed by atoms with Gasteiger partial charge in [-0.1, -0.05) is 0 Å². The number of nitrogens with zero attached hydrogens (tertiary/aromatic N) is 1. The van der Waals surface area contributed by atoms with Crippen LogP contribution in [0.5, 0.6) is 5.75 Å². The molecule has 0 spiro atoms. The smallest absolute Gasteiger partial charge is 0.251 e. The van der Waals surface area contributed by atoms with Crippen LogP contribution in [-0.4, -0.2) is 64.9 Å². The molecule has 0 aromatic heterocycles. The summed E-state index contributed by atoms with van der Waals surface area (Å²) in [5, 5.41) is 23.5. The molecule has 7 nitrogen and oxygen atoms in total. The first-order valence-corrected chi connectivity index (χ1v) is 13.8. The van der Waals surface area contributed by atoms with Crippen LogP contribution in [-0.2, 0) is 4.79 Å². The molecular formula is C29H42N2O5. The Balaban J connectivity index is 1.05. The molecule has 1 heterocycles. The summed E-state index contributed by atoms with van der Waals surface area (Å²) in [5.41, 5.74) is -0.545. The second kappa shape index (κ2) is 9.97. The highest BCUT2D eigenvalue weighted by atomic mass is 16.5. The van der Waals surface area contributed by atoms with Crippen molar-refractivity contribution in [2.24, 2.45) is 29.1 Å². The Kier molecular flexibility index (Phi) is 7.07. The third-order valence-corrected chi connectivity index (χ3v) is 9.33. The van der Waals surface area contributed by atoms with E-state index in [-0.39, 0.29) is 24.5 Å². The number of amides is 2. The van der Waals surface area contributed by atoms with Crippen molar-refractivity contribution >= 4 is 11.8 Å². The molecule has 1 aliphatic heterocycles. The Morgan fingerprint density at radius 1 is 1.08 bits per heavy atom. The van der Waals surface area contributed by atoms with Crippen LogP contribution in [0, 0.1) is 29.1 Å². The number of hydrogen-bond acceptors (Lipinski definition) is 5. The average molecular weight is 499 g/mol. The number of hydrogen-bond donors (Lipinski definition) is 3. The van der Waals surface area contributed by atoms with Crippen LogP contribution in [0.4, 0.5) is 0 Å². The molecule has 2 atom stereocenters. The molecule has 4 aliphatic carbocycles. The first kappa shape index (κ1) is 25.5. The van der Waals surface area contributed by atoms with Crippen molar-refractivity contribution < 1.29 is 24.5 Å². The van der Waals surface area contributed by atoms with Crippen LogP contribution < -0.4 is 10.1 Å². The van der Waals surface area contributed by atoms with E-state index >= 15 is 0 Å². The molecule has 4 saturated carbocycles. The maximum Gasteiger partial charge on any atom is 0.251 e. The molecule has 4 bridgehead atoms. The minimum absolute atomic E-state index is 0.0308. The van der Waals surface area contributed by atoms with Crippen molar-refractivity contribution in [3.63, 3.8) is 0 Å². The number of piperidine rings is 1. The zero-order chi connectivity index (χ0) is 25.5. The predicted octanol–water partition coefficient (Wildman–Crippen LogP) is 3.38. The van der Waals surface area contributed by atoms with Crippen LogP contribution >= 0.6 is 0 Å². The van der Waals surface area contributed by atoms with Crippen molar-refractivity contribution in [1.82, 2.24) is 10.2 Å². The fraction of sp³-hybridized carbons (Fsp3) is 0.724. The van der Waals surface area contributed by atoms with Gasteiger partial charge in [0.25, 0.3) is 5.91 Å². The van der Waals surface area contributed by atoms with Gasteiger partial charge in [-0.2, -0.15) is 0 Å². The summed E-state index contributed by atoms with van der Waals surface area (Å²) < 4.78 is 5.95. The lowest BCUT2D eigenvalue weighted by Gasteiger charge is -2.58. The van der Waals surface area contributed by atoms with Crippen LogP contribution in [0.3, 0.4) is 0 Å². The Labute approximate surface area is 214 Å². The van der Waals surface area contributed by atoms with Crippen LogP contribution in [0.15, 0.2) is 24.3 Å². The fourth-order valence-corrected chi connectivity index (χ4v) is 7.42. The minimum atomic E-state index is -0.711. The standard InChI is InChI=1S/C29H42N2O5/c1-28(2,18-32)27(34)31-10-7-19(8-11-31)9-12-36-24-5-3-21(4-6-24)26(33)30-25-22-13-20-14-23(25)17-29(35,15-20)16-22/h3-6,19-20,22-23,25,32,35H,7-18H2,1-2H3,(H,30,33). The number of likely N-dealkylation sites (tertiary alicyclic amines) is 1. The van der Waals surface area contributed by atoms with Gasteiger partial charge in [0.2, 0.25) is 5.91 Å². The summed E-state index contributed by atoms with van der Waals surface area (Å²) in [4.78, 5) is 27.3. The summed E-state index contributed by atoms with van der Waals surface area (Å²) in [6, 6.07) is 7.59. The number of carbonyl (C=O) groups excluding carboxylic acids is 2. The van der Waals surface area contributed by atoms with E-state index in [0.717, 1.165) is 70.2 Å². The van der Waals surface area contributed by atoms with Crippen molar-refractivity contribution in [2.45, 2.75) is 76.9 Å². The number of aliphatic hydroxyl groups excluding tert-OH is 1. The van der Waals surface area contributed by atoms with Gasteiger partial charge >= 0.3 is 0 Å². The van der Waals surface area contributed by atoms with Gasteiger partial charge in [-0.3, -0.25) is 9.59 Å². The fourth-order valence-electron chi connectivity index (χ4n) is 7.42. The highest BCUT2D eigenvalue weighted by Gasteiger charge is 2.55. The van der Waals surface area contributed by atoms with E-state index in [4.69, 9.17) is 4.74 Å². The molecule has 6 rings (SSSR count). The van der Waals surface area contributed by atoms with E-state index in [1.54, 1.807) is 13.8 Å². The lowest BCUT2D eigenvalue weighted by molar-refractivity contribution is -0.143. The second-order valence-electron chi connectivity index (χ2n) is 12.6. The van der Waals surface area contributed by atoms with Crippen LogP contribution in [0.1, 0.15) is 75.6 Å². The van der Waals surface area contributed by atoms with Gasteiger partial charge < -0.3 is 25.2 Å². The van der Waals surface area contributed by atoms with Gasteiger partial charge in [0.15, 0.2) is 0 Å². The molecule has 36 heavy (non-hydrogen) atoms. The second-order valence-corrected chi connectivity index (χ2v) is 12.6. The van der Waals surface area contributed by atoms with E-state index in [1.165, 1.54) is 0 Å². The lowest BCUT2D eigenvalue weighted by atomic mass is 9.52. The molecule has 7 heteroatoms. The van der Waals surface area contributed by atoms with Gasteiger partial charge in [-0.15, -0.1) is 0 Å². The zero-order valence-corrected chi connectivity index (χ0v) is 21.7. The van der Waals surface area contributed by atoms with E-state index in [1.807, 2.05) is 29.2 Å². The maximum atomic E-state index is 12.9. The topological polar surface area (TPSA) is 99.1 Å². The maximum absolute atomic E-state index is 12.9. The largest absolute Gasteiger partial charge is 0.494 e. The van der Waals surface area contributed by atoms with E-state index in [9.17, 15) is 19.8 Å². The van der Waals surface area contributed by atoms with Gasteiger partial charge in [0, 0.05) is 24.7 Å². The molecular weight excluding hydrogens is 456 g/mol.